The van der Waals surface area contributed by atoms with Crippen LogP contribution in [0, 0.1) is 12.3 Å². The number of hydrogen-bond acceptors (Lipinski definition) is 2. The van der Waals surface area contributed by atoms with Crippen molar-refractivity contribution in [3.63, 3.8) is 0 Å². The Morgan fingerprint density at radius 2 is 2.10 bits per heavy atom. The van der Waals surface area contributed by atoms with Gasteiger partial charge in [-0.05, 0) is 31.4 Å². The summed E-state index contributed by atoms with van der Waals surface area (Å²) in [4.78, 5) is 5.24. The molecule has 3 rings (SSSR count). The van der Waals surface area contributed by atoms with Crippen LogP contribution in [0.3, 0.4) is 0 Å². The molecule has 2 nitrogen and oxygen atoms in total. The third-order valence-electron chi connectivity index (χ3n) is 4.89. The number of nitrogens with zero attached hydrogens (tertiary/aromatic N) is 2. The average molecular weight is 268 g/mol. The van der Waals surface area contributed by atoms with E-state index in [-0.39, 0.29) is 6.04 Å². The van der Waals surface area contributed by atoms with Crippen LogP contribution in [0.2, 0.25) is 0 Å². The molecule has 2 aliphatic rings. The summed E-state index contributed by atoms with van der Waals surface area (Å²) in [5.41, 5.74) is 1.41. The lowest BCUT2D eigenvalue weighted by atomic mass is 9.97. The Morgan fingerprint density at radius 1 is 1.30 bits per heavy atom. The highest BCUT2D eigenvalue weighted by Crippen LogP contribution is 2.34. The number of rotatable bonds is 3. The number of piperazine rings is 1. The standard InChI is InChI=1S/C18H24N2/c1-3-16(4-2)20-13-17-11-8-12-19(17)14-18(20)15-9-6-5-7-10-15/h1,5-7,9-10,16-18H,4,8,11-14H2,2H3. The summed E-state index contributed by atoms with van der Waals surface area (Å²) in [6, 6.07) is 12.3. The fraction of sp³-hybridized carbons (Fsp3) is 0.556. The van der Waals surface area contributed by atoms with Gasteiger partial charge in [-0.2, -0.15) is 0 Å². The van der Waals surface area contributed by atoms with E-state index < -0.39 is 0 Å². The normalized spacial score (nSPS) is 28.8. The van der Waals surface area contributed by atoms with Gasteiger partial charge in [0.25, 0.3) is 0 Å². The van der Waals surface area contributed by atoms with E-state index >= 15 is 0 Å². The van der Waals surface area contributed by atoms with Crippen LogP contribution in [0.4, 0.5) is 0 Å². The molecule has 0 radical (unpaired) electrons. The molecule has 3 atom stereocenters. The van der Waals surface area contributed by atoms with Crippen LogP contribution in [0.15, 0.2) is 30.3 Å². The molecule has 2 heterocycles. The summed E-state index contributed by atoms with van der Waals surface area (Å²) in [5, 5.41) is 0. The Hall–Kier alpha value is -1.30. The predicted octanol–water partition coefficient (Wildman–Crippen LogP) is 2.92. The third kappa shape index (κ3) is 2.49. The smallest absolute Gasteiger partial charge is 0.0715 e. The van der Waals surface area contributed by atoms with Crippen molar-refractivity contribution >= 4 is 0 Å². The summed E-state index contributed by atoms with van der Waals surface area (Å²) in [7, 11) is 0. The quantitative estimate of drug-likeness (QED) is 0.778. The van der Waals surface area contributed by atoms with Crippen molar-refractivity contribution in [2.75, 3.05) is 19.6 Å². The molecule has 3 unspecified atom stereocenters. The second-order valence-corrected chi connectivity index (χ2v) is 6.00. The summed E-state index contributed by atoms with van der Waals surface area (Å²) >= 11 is 0. The highest BCUT2D eigenvalue weighted by atomic mass is 15.3. The second kappa shape index (κ2) is 5.99. The van der Waals surface area contributed by atoms with Crippen LogP contribution in [-0.2, 0) is 0 Å². The van der Waals surface area contributed by atoms with E-state index in [1.807, 2.05) is 0 Å². The van der Waals surface area contributed by atoms with E-state index in [1.54, 1.807) is 0 Å². The van der Waals surface area contributed by atoms with Crippen LogP contribution < -0.4 is 0 Å². The molecule has 0 bridgehead atoms. The van der Waals surface area contributed by atoms with E-state index in [2.05, 4.69) is 53.0 Å². The Morgan fingerprint density at radius 3 is 2.80 bits per heavy atom. The molecule has 0 spiro atoms. The van der Waals surface area contributed by atoms with Gasteiger partial charge >= 0.3 is 0 Å². The zero-order valence-electron chi connectivity index (χ0n) is 12.3. The summed E-state index contributed by atoms with van der Waals surface area (Å²) < 4.78 is 0. The Labute approximate surface area is 122 Å². The summed E-state index contributed by atoms with van der Waals surface area (Å²) in [6.07, 6.45) is 9.49. The fourth-order valence-corrected chi connectivity index (χ4v) is 3.80. The molecular weight excluding hydrogens is 244 g/mol. The van der Waals surface area contributed by atoms with Gasteiger partial charge in [0.2, 0.25) is 0 Å². The molecule has 106 valence electrons. The van der Waals surface area contributed by atoms with E-state index in [9.17, 15) is 0 Å². The minimum atomic E-state index is 0.267. The molecule has 20 heavy (non-hydrogen) atoms. The zero-order chi connectivity index (χ0) is 13.9. The fourth-order valence-electron chi connectivity index (χ4n) is 3.80. The topological polar surface area (TPSA) is 6.48 Å². The van der Waals surface area contributed by atoms with Crippen molar-refractivity contribution in [1.29, 1.82) is 0 Å². The van der Waals surface area contributed by atoms with Crippen LogP contribution in [0.1, 0.15) is 37.8 Å². The van der Waals surface area contributed by atoms with E-state index in [0.29, 0.717) is 6.04 Å². The van der Waals surface area contributed by atoms with Crippen molar-refractivity contribution in [2.24, 2.45) is 0 Å². The molecule has 2 fully saturated rings. The summed E-state index contributed by atoms with van der Waals surface area (Å²) in [5.74, 6) is 3.01. The van der Waals surface area contributed by atoms with Gasteiger partial charge in [0.05, 0.1) is 6.04 Å². The molecule has 0 aromatic heterocycles. The van der Waals surface area contributed by atoms with Crippen molar-refractivity contribution in [2.45, 2.75) is 44.3 Å². The van der Waals surface area contributed by atoms with Crippen LogP contribution in [-0.4, -0.2) is 41.5 Å². The molecule has 2 aliphatic heterocycles. The van der Waals surface area contributed by atoms with Crippen molar-refractivity contribution in [1.82, 2.24) is 9.80 Å². The molecule has 1 aromatic carbocycles. The monoisotopic (exact) mass is 268 g/mol. The van der Waals surface area contributed by atoms with E-state index in [1.165, 1.54) is 24.9 Å². The molecular formula is C18H24N2. The molecule has 0 amide bonds. The van der Waals surface area contributed by atoms with Gasteiger partial charge in [-0.3, -0.25) is 9.80 Å². The lowest BCUT2D eigenvalue weighted by Gasteiger charge is -2.46. The highest BCUT2D eigenvalue weighted by Gasteiger charge is 2.38. The summed E-state index contributed by atoms with van der Waals surface area (Å²) in [6.45, 7) is 5.72. The zero-order valence-corrected chi connectivity index (χ0v) is 12.3. The molecule has 2 saturated heterocycles. The first kappa shape index (κ1) is 13.7. The SMILES string of the molecule is C#CC(CC)N1CC2CCCN2CC1c1ccccc1. The first-order valence-electron chi connectivity index (χ1n) is 7.84. The van der Waals surface area contributed by atoms with Gasteiger partial charge in [-0.25, -0.2) is 0 Å². The molecule has 0 saturated carbocycles. The molecule has 0 N–H and O–H groups in total. The maximum atomic E-state index is 5.79. The van der Waals surface area contributed by atoms with Gasteiger partial charge < -0.3 is 0 Å². The average Bonchev–Trinajstić information content (AvgIpc) is 2.96. The number of benzene rings is 1. The third-order valence-corrected chi connectivity index (χ3v) is 4.89. The maximum Gasteiger partial charge on any atom is 0.0715 e. The number of fused-ring (bicyclic) bond motifs is 1. The van der Waals surface area contributed by atoms with Crippen molar-refractivity contribution in [3.05, 3.63) is 35.9 Å². The number of hydrogen-bond donors (Lipinski definition) is 0. The lowest BCUT2D eigenvalue weighted by Crippen LogP contribution is -2.54. The Balaban J connectivity index is 1.89. The van der Waals surface area contributed by atoms with Gasteiger partial charge in [0.15, 0.2) is 0 Å². The Kier molecular flexibility index (Phi) is 4.10. The molecule has 0 aliphatic carbocycles. The van der Waals surface area contributed by atoms with Crippen LogP contribution >= 0.6 is 0 Å². The maximum absolute atomic E-state index is 5.79. The Bertz CT molecular complexity index is 476. The van der Waals surface area contributed by atoms with Crippen molar-refractivity contribution < 1.29 is 0 Å². The lowest BCUT2D eigenvalue weighted by molar-refractivity contribution is 0.0334. The first-order chi connectivity index (χ1) is 9.83. The largest absolute Gasteiger partial charge is 0.297 e. The molecule has 2 heteroatoms. The molecule has 1 aromatic rings. The number of terminal acetylenes is 1. The predicted molar refractivity (Wildman–Crippen MR) is 83.4 cm³/mol. The minimum absolute atomic E-state index is 0.267. The van der Waals surface area contributed by atoms with E-state index in [4.69, 9.17) is 6.42 Å². The van der Waals surface area contributed by atoms with Crippen LogP contribution in [0.5, 0.6) is 0 Å². The van der Waals surface area contributed by atoms with Gasteiger partial charge in [0, 0.05) is 25.2 Å². The first-order valence-corrected chi connectivity index (χ1v) is 7.84. The highest BCUT2D eigenvalue weighted by molar-refractivity contribution is 5.22. The van der Waals surface area contributed by atoms with Gasteiger partial charge in [-0.1, -0.05) is 43.2 Å². The van der Waals surface area contributed by atoms with Crippen molar-refractivity contribution in [3.8, 4) is 12.3 Å². The minimum Gasteiger partial charge on any atom is -0.297 e. The van der Waals surface area contributed by atoms with Gasteiger partial charge in [-0.15, -0.1) is 6.42 Å². The van der Waals surface area contributed by atoms with Gasteiger partial charge in [0.1, 0.15) is 0 Å². The van der Waals surface area contributed by atoms with Crippen LogP contribution in [0.25, 0.3) is 0 Å². The second-order valence-electron chi connectivity index (χ2n) is 6.00. The van der Waals surface area contributed by atoms with E-state index in [0.717, 1.165) is 25.6 Å².